The maximum atomic E-state index is 9.10. The fourth-order valence-electron chi connectivity index (χ4n) is 0.719. The van der Waals surface area contributed by atoms with Crippen molar-refractivity contribution in [2.45, 2.75) is 18.9 Å². The molecule has 0 aromatic heterocycles. The Balaban J connectivity index is 2.40. The normalized spacial score (nSPS) is 42.0. The second-order valence-corrected chi connectivity index (χ2v) is 2.35. The molecule has 1 fully saturated rings. The van der Waals surface area contributed by atoms with E-state index in [4.69, 9.17) is 5.11 Å². The van der Waals surface area contributed by atoms with Crippen molar-refractivity contribution in [2.24, 2.45) is 0 Å². The molecule has 1 heterocycles. The molecule has 0 amide bonds. The number of nitrogens with zero attached hydrogens (tertiary/aromatic N) is 1. The Kier molecular flexibility index (Phi) is 1.05. The molecule has 0 spiro atoms. The van der Waals surface area contributed by atoms with Gasteiger partial charge in [-0.3, -0.25) is 0 Å². The van der Waals surface area contributed by atoms with Crippen LogP contribution in [0.5, 0.6) is 0 Å². The molecule has 0 saturated carbocycles. The fraction of sp³-hybridized carbons (Fsp3) is 1.00. The van der Waals surface area contributed by atoms with Gasteiger partial charge < -0.3 is 5.11 Å². The van der Waals surface area contributed by atoms with Crippen molar-refractivity contribution in [3.8, 4) is 0 Å². The van der Waals surface area contributed by atoms with Gasteiger partial charge in [0.25, 0.3) is 0 Å². The van der Waals surface area contributed by atoms with Gasteiger partial charge in [-0.2, -0.15) is 0 Å². The van der Waals surface area contributed by atoms with E-state index in [1.807, 2.05) is 6.92 Å². The molecule has 0 aromatic rings. The van der Waals surface area contributed by atoms with Crippen molar-refractivity contribution >= 4 is 0 Å². The first-order valence-electron chi connectivity index (χ1n) is 2.56. The van der Waals surface area contributed by atoms with Crippen LogP contribution < -0.4 is 5.32 Å². The Morgan fingerprint density at radius 3 is 2.57 bits per heavy atom. The van der Waals surface area contributed by atoms with Crippen molar-refractivity contribution in [3.63, 3.8) is 0 Å². The molecule has 1 saturated heterocycles. The highest BCUT2D eigenvalue weighted by atomic mass is 16.3. The Morgan fingerprint density at radius 1 is 1.71 bits per heavy atom. The largest absolute Gasteiger partial charge is 0.389 e. The summed E-state index contributed by atoms with van der Waals surface area (Å²) in [5.41, 5.74) is -0.472. The predicted molar refractivity (Wildman–Crippen MR) is 27.1 cm³/mol. The lowest BCUT2D eigenvalue weighted by Gasteiger charge is -2.11. The molecule has 2 heteroatoms. The molecule has 7 heavy (non-hydrogen) atoms. The van der Waals surface area contributed by atoms with Crippen LogP contribution in [0.4, 0.5) is 0 Å². The highest BCUT2D eigenvalue weighted by Crippen LogP contribution is 2.12. The average Bonchev–Trinajstić information content (AvgIpc) is 1.84. The summed E-state index contributed by atoms with van der Waals surface area (Å²) in [6.07, 6.45) is 0.840. The minimum absolute atomic E-state index is 0.472. The standard InChI is InChI=1S/C5H10NO/c1-5(7)2-3-6-4-5/h7H,2-4H2,1H3. The average molecular weight is 100 g/mol. The van der Waals surface area contributed by atoms with Gasteiger partial charge in [0.05, 0.1) is 5.60 Å². The van der Waals surface area contributed by atoms with E-state index in [1.54, 1.807) is 0 Å². The molecular formula is C5H10NO. The van der Waals surface area contributed by atoms with Crippen molar-refractivity contribution < 1.29 is 5.11 Å². The molecule has 1 rings (SSSR count). The van der Waals surface area contributed by atoms with Gasteiger partial charge in [0.15, 0.2) is 0 Å². The van der Waals surface area contributed by atoms with Gasteiger partial charge in [0.1, 0.15) is 0 Å². The van der Waals surface area contributed by atoms with Crippen molar-refractivity contribution in [2.75, 3.05) is 13.1 Å². The lowest BCUT2D eigenvalue weighted by atomic mass is 10.1. The molecule has 1 aliphatic heterocycles. The Bertz CT molecular complexity index is 62.5. The summed E-state index contributed by atoms with van der Waals surface area (Å²) in [4.78, 5) is 0. The summed E-state index contributed by atoms with van der Waals surface area (Å²) in [7, 11) is 0. The minimum atomic E-state index is -0.472. The third kappa shape index (κ3) is 1.14. The number of hydrogen-bond acceptors (Lipinski definition) is 1. The summed E-state index contributed by atoms with van der Waals surface area (Å²) in [5.74, 6) is 0. The SMILES string of the molecule is CC1(O)CC[N]C1. The van der Waals surface area contributed by atoms with Crippen LogP contribution in [0.2, 0.25) is 0 Å². The molecule has 1 radical (unpaired) electrons. The summed E-state index contributed by atoms with van der Waals surface area (Å²) in [6, 6.07) is 0. The van der Waals surface area contributed by atoms with Crippen molar-refractivity contribution in [3.05, 3.63) is 0 Å². The van der Waals surface area contributed by atoms with E-state index < -0.39 is 5.60 Å². The van der Waals surface area contributed by atoms with Crippen LogP contribution in [0.3, 0.4) is 0 Å². The fourth-order valence-corrected chi connectivity index (χ4v) is 0.719. The van der Waals surface area contributed by atoms with Gasteiger partial charge in [-0.05, 0) is 13.3 Å². The predicted octanol–water partition coefficient (Wildman–Crippen LogP) is -0.254. The topological polar surface area (TPSA) is 34.3 Å². The Hall–Kier alpha value is -0.0800. The number of rotatable bonds is 0. The molecule has 1 aliphatic rings. The Morgan fingerprint density at radius 2 is 2.43 bits per heavy atom. The van der Waals surface area contributed by atoms with Crippen LogP contribution in [-0.2, 0) is 0 Å². The smallest absolute Gasteiger partial charge is 0.0772 e. The monoisotopic (exact) mass is 100 g/mol. The van der Waals surface area contributed by atoms with Crippen LogP contribution in [0, 0.1) is 0 Å². The first-order chi connectivity index (χ1) is 3.21. The first kappa shape index (κ1) is 5.06. The zero-order valence-corrected chi connectivity index (χ0v) is 4.52. The summed E-state index contributed by atoms with van der Waals surface area (Å²) < 4.78 is 0. The third-order valence-electron chi connectivity index (χ3n) is 1.26. The molecule has 1 N–H and O–H groups in total. The van der Waals surface area contributed by atoms with Crippen molar-refractivity contribution in [1.82, 2.24) is 5.32 Å². The molecule has 1 atom stereocenters. The summed E-state index contributed by atoms with van der Waals surface area (Å²) in [5, 5.41) is 13.1. The molecule has 41 valence electrons. The first-order valence-corrected chi connectivity index (χ1v) is 2.56. The lowest BCUT2D eigenvalue weighted by Crippen LogP contribution is -2.24. The van der Waals surface area contributed by atoms with Crippen LogP contribution in [0.25, 0.3) is 0 Å². The third-order valence-corrected chi connectivity index (χ3v) is 1.26. The minimum Gasteiger partial charge on any atom is -0.389 e. The maximum Gasteiger partial charge on any atom is 0.0772 e. The van der Waals surface area contributed by atoms with E-state index in [2.05, 4.69) is 5.32 Å². The van der Waals surface area contributed by atoms with Gasteiger partial charge in [0.2, 0.25) is 0 Å². The van der Waals surface area contributed by atoms with Crippen LogP contribution in [-0.4, -0.2) is 23.8 Å². The van der Waals surface area contributed by atoms with Gasteiger partial charge in [-0.25, -0.2) is 5.32 Å². The number of aliphatic hydroxyl groups is 1. The number of hydrogen-bond donors (Lipinski definition) is 1. The highest BCUT2D eigenvalue weighted by Gasteiger charge is 2.25. The van der Waals surface area contributed by atoms with Gasteiger partial charge in [-0.15, -0.1) is 0 Å². The van der Waals surface area contributed by atoms with E-state index in [0.29, 0.717) is 6.54 Å². The molecule has 0 bridgehead atoms. The van der Waals surface area contributed by atoms with Gasteiger partial charge in [-0.1, -0.05) is 0 Å². The molecule has 1 unspecified atom stereocenters. The Labute approximate surface area is 43.5 Å². The van der Waals surface area contributed by atoms with Crippen LogP contribution in [0.1, 0.15) is 13.3 Å². The second-order valence-electron chi connectivity index (χ2n) is 2.35. The molecular weight excluding hydrogens is 90.1 g/mol. The zero-order valence-electron chi connectivity index (χ0n) is 4.52. The van der Waals surface area contributed by atoms with E-state index in [-0.39, 0.29) is 0 Å². The molecule has 0 aliphatic carbocycles. The van der Waals surface area contributed by atoms with Gasteiger partial charge in [0, 0.05) is 13.1 Å². The van der Waals surface area contributed by atoms with Crippen LogP contribution >= 0.6 is 0 Å². The molecule has 2 nitrogen and oxygen atoms in total. The summed E-state index contributed by atoms with van der Waals surface area (Å²) in [6.45, 7) is 3.30. The van der Waals surface area contributed by atoms with E-state index in [9.17, 15) is 0 Å². The van der Waals surface area contributed by atoms with E-state index in [0.717, 1.165) is 13.0 Å². The van der Waals surface area contributed by atoms with Crippen LogP contribution in [0.15, 0.2) is 0 Å². The molecule has 0 aromatic carbocycles. The summed E-state index contributed by atoms with van der Waals surface area (Å²) >= 11 is 0. The quantitative estimate of drug-likeness (QED) is 0.447. The zero-order chi connectivity index (χ0) is 5.33. The lowest BCUT2D eigenvalue weighted by molar-refractivity contribution is 0.0818. The van der Waals surface area contributed by atoms with Crippen molar-refractivity contribution in [1.29, 1.82) is 0 Å². The van der Waals surface area contributed by atoms with E-state index in [1.165, 1.54) is 0 Å². The maximum absolute atomic E-state index is 9.10. The van der Waals surface area contributed by atoms with E-state index >= 15 is 0 Å². The van der Waals surface area contributed by atoms with Gasteiger partial charge >= 0.3 is 0 Å². The highest BCUT2D eigenvalue weighted by molar-refractivity contribution is 4.81. The second kappa shape index (κ2) is 1.46.